The van der Waals surface area contributed by atoms with E-state index in [-0.39, 0.29) is 0 Å². The van der Waals surface area contributed by atoms with E-state index in [1.807, 2.05) is 36.7 Å². The molecule has 0 saturated carbocycles. The van der Waals surface area contributed by atoms with Crippen LogP contribution in [0.4, 0.5) is 17.5 Å². The van der Waals surface area contributed by atoms with Gasteiger partial charge >= 0.3 is 0 Å². The molecule has 8 heteroatoms. The van der Waals surface area contributed by atoms with Crippen molar-refractivity contribution in [2.24, 2.45) is 10.7 Å². The van der Waals surface area contributed by atoms with E-state index in [1.165, 1.54) is 19.0 Å². The lowest BCUT2D eigenvalue weighted by molar-refractivity contribution is 0.416. The summed E-state index contributed by atoms with van der Waals surface area (Å²) >= 11 is 0. The molecule has 1 saturated heterocycles. The highest BCUT2D eigenvalue weighted by Gasteiger charge is 2.24. The Kier molecular flexibility index (Phi) is 5.97. The summed E-state index contributed by atoms with van der Waals surface area (Å²) in [6, 6.07) is 8.16. The number of allylic oxidation sites excluding steroid dienone is 1. The van der Waals surface area contributed by atoms with Gasteiger partial charge in [-0.05, 0) is 43.5 Å². The fraction of sp³-hybridized carbons (Fsp3) is 0.304. The van der Waals surface area contributed by atoms with Crippen LogP contribution in [0.1, 0.15) is 25.3 Å². The van der Waals surface area contributed by atoms with Crippen molar-refractivity contribution < 1.29 is 4.74 Å². The second-order valence-electron chi connectivity index (χ2n) is 7.50. The first-order valence-electron chi connectivity index (χ1n) is 10.3. The summed E-state index contributed by atoms with van der Waals surface area (Å²) in [4.78, 5) is 20.3. The maximum Gasteiger partial charge on any atom is 0.227 e. The van der Waals surface area contributed by atoms with Crippen LogP contribution >= 0.6 is 0 Å². The normalized spacial score (nSPS) is 16.9. The number of benzene rings is 1. The van der Waals surface area contributed by atoms with Crippen molar-refractivity contribution in [3.05, 3.63) is 48.4 Å². The number of hydrogen-bond donors (Lipinski definition) is 2. The van der Waals surface area contributed by atoms with E-state index in [2.05, 4.69) is 32.1 Å². The van der Waals surface area contributed by atoms with Crippen molar-refractivity contribution in [3.8, 4) is 5.75 Å². The minimum atomic E-state index is 0.452. The maximum absolute atomic E-state index is 5.73. The van der Waals surface area contributed by atoms with Crippen molar-refractivity contribution in [3.63, 3.8) is 0 Å². The molecule has 1 aromatic carbocycles. The van der Waals surface area contributed by atoms with Crippen molar-refractivity contribution in [2.75, 3.05) is 30.9 Å². The van der Waals surface area contributed by atoms with Gasteiger partial charge in [0.05, 0.1) is 12.8 Å². The molecule has 2 aromatic heterocycles. The maximum atomic E-state index is 5.73. The fourth-order valence-corrected chi connectivity index (χ4v) is 3.91. The molecule has 8 nitrogen and oxygen atoms in total. The van der Waals surface area contributed by atoms with Gasteiger partial charge in [-0.3, -0.25) is 4.99 Å². The number of anilines is 3. The van der Waals surface area contributed by atoms with Gasteiger partial charge in [-0.25, -0.2) is 15.0 Å². The number of hydrogen-bond acceptors (Lipinski definition) is 8. The molecule has 0 aliphatic carbocycles. The number of aliphatic imine (C=N–C) groups is 1. The molecule has 1 aliphatic rings. The zero-order valence-electron chi connectivity index (χ0n) is 18.0. The van der Waals surface area contributed by atoms with Crippen LogP contribution in [0.25, 0.3) is 16.5 Å². The van der Waals surface area contributed by atoms with Crippen LogP contribution in [-0.2, 0) is 0 Å². The number of ether oxygens (including phenoxy) is 1. The Balaban J connectivity index is 1.68. The molecule has 1 unspecified atom stereocenters. The van der Waals surface area contributed by atoms with Gasteiger partial charge in [0.1, 0.15) is 11.3 Å². The molecule has 1 fully saturated rings. The van der Waals surface area contributed by atoms with Gasteiger partial charge in [-0.2, -0.15) is 0 Å². The van der Waals surface area contributed by atoms with E-state index in [9.17, 15) is 0 Å². The van der Waals surface area contributed by atoms with E-state index in [4.69, 9.17) is 15.5 Å². The number of aromatic nitrogens is 3. The summed E-state index contributed by atoms with van der Waals surface area (Å²) < 4.78 is 5.59. The minimum absolute atomic E-state index is 0.452. The number of nitrogens with zero attached hydrogens (tertiary/aromatic N) is 5. The minimum Gasteiger partial charge on any atom is -0.495 e. The third-order valence-corrected chi connectivity index (χ3v) is 5.53. The first kappa shape index (κ1) is 20.6. The molecule has 0 bridgehead atoms. The number of methoxy groups -OCH3 is 1. The number of fused-ring (bicyclic) bond motifs is 1. The van der Waals surface area contributed by atoms with Gasteiger partial charge in [0.15, 0.2) is 5.82 Å². The number of nitrogens with two attached hydrogens (primary N) is 1. The standard InChI is InChI=1S/C23H27N7O/c1-15-5-4-10-30(15)22-21-17(8-9-26-22)14-27-23(29-21)28-19-7-6-16(11-20(19)31-3)18(12-24)13-25-2/h6-9,11-15H,4-5,10,24H2,1-3H3,(H,27,28,29). The second-order valence-corrected chi connectivity index (χ2v) is 7.50. The van der Waals surface area contributed by atoms with E-state index in [0.29, 0.717) is 17.7 Å². The molecule has 1 aliphatic heterocycles. The first-order chi connectivity index (χ1) is 15.1. The van der Waals surface area contributed by atoms with Crippen molar-refractivity contribution >= 4 is 40.1 Å². The smallest absolute Gasteiger partial charge is 0.227 e. The molecular weight excluding hydrogens is 390 g/mol. The highest BCUT2D eigenvalue weighted by molar-refractivity contribution is 6.09. The monoisotopic (exact) mass is 417 g/mol. The summed E-state index contributed by atoms with van der Waals surface area (Å²) in [6.45, 7) is 3.22. The molecule has 3 N–H and O–H groups in total. The molecule has 31 heavy (non-hydrogen) atoms. The predicted octanol–water partition coefficient (Wildman–Crippen LogP) is 3.77. The van der Waals surface area contributed by atoms with Crippen LogP contribution in [0, 0.1) is 0 Å². The van der Waals surface area contributed by atoms with Crippen LogP contribution in [0.15, 0.2) is 47.9 Å². The Labute approximate surface area is 181 Å². The van der Waals surface area contributed by atoms with Gasteiger partial charge in [-0.15, -0.1) is 0 Å². The molecule has 4 rings (SSSR count). The summed E-state index contributed by atoms with van der Waals surface area (Å²) in [5.74, 6) is 2.06. The molecular formula is C23H27N7O. The van der Waals surface area contributed by atoms with Gasteiger partial charge < -0.3 is 20.7 Å². The SMILES string of the molecule is CN=CC(=CN)c1ccc(Nc2ncc3ccnc(N4CCCC4C)c3n2)c(OC)c1. The zero-order chi connectivity index (χ0) is 21.8. The average Bonchev–Trinajstić information content (AvgIpc) is 3.23. The van der Waals surface area contributed by atoms with Crippen LogP contribution < -0.4 is 20.7 Å². The fourth-order valence-electron chi connectivity index (χ4n) is 3.91. The predicted molar refractivity (Wildman–Crippen MR) is 126 cm³/mol. The Morgan fingerprint density at radius 1 is 1.32 bits per heavy atom. The van der Waals surface area contributed by atoms with Crippen molar-refractivity contribution in [1.29, 1.82) is 0 Å². The summed E-state index contributed by atoms with van der Waals surface area (Å²) in [6.07, 6.45) is 9.21. The topological polar surface area (TPSA) is 102 Å². The molecule has 1 atom stereocenters. The number of pyridine rings is 1. The van der Waals surface area contributed by atoms with E-state index in [0.717, 1.165) is 40.1 Å². The largest absolute Gasteiger partial charge is 0.495 e. The third-order valence-electron chi connectivity index (χ3n) is 5.53. The molecule has 0 amide bonds. The zero-order valence-corrected chi connectivity index (χ0v) is 18.0. The Morgan fingerprint density at radius 2 is 2.19 bits per heavy atom. The van der Waals surface area contributed by atoms with E-state index >= 15 is 0 Å². The highest BCUT2D eigenvalue weighted by atomic mass is 16.5. The van der Waals surface area contributed by atoms with Gasteiger partial charge in [0, 0.05) is 55.4 Å². The van der Waals surface area contributed by atoms with Gasteiger partial charge in [0.25, 0.3) is 0 Å². The summed E-state index contributed by atoms with van der Waals surface area (Å²) in [5, 5.41) is 4.25. The Morgan fingerprint density at radius 3 is 2.90 bits per heavy atom. The number of nitrogens with one attached hydrogen (secondary N) is 1. The lowest BCUT2D eigenvalue weighted by Crippen LogP contribution is -2.27. The second kappa shape index (κ2) is 8.99. The van der Waals surface area contributed by atoms with Crippen molar-refractivity contribution in [1.82, 2.24) is 15.0 Å². The van der Waals surface area contributed by atoms with Crippen LogP contribution in [0.3, 0.4) is 0 Å². The van der Waals surface area contributed by atoms with Crippen LogP contribution in [0.2, 0.25) is 0 Å². The Bertz CT molecular complexity index is 1140. The highest BCUT2D eigenvalue weighted by Crippen LogP contribution is 2.32. The summed E-state index contributed by atoms with van der Waals surface area (Å²) in [7, 11) is 3.34. The van der Waals surface area contributed by atoms with E-state index in [1.54, 1.807) is 20.4 Å². The molecule has 0 radical (unpaired) electrons. The van der Waals surface area contributed by atoms with Gasteiger partial charge in [-0.1, -0.05) is 6.07 Å². The quantitative estimate of drug-likeness (QED) is 0.589. The Hall–Kier alpha value is -3.68. The first-order valence-corrected chi connectivity index (χ1v) is 10.3. The lowest BCUT2D eigenvalue weighted by Gasteiger charge is -2.23. The van der Waals surface area contributed by atoms with Crippen LogP contribution in [0.5, 0.6) is 5.75 Å². The van der Waals surface area contributed by atoms with E-state index < -0.39 is 0 Å². The van der Waals surface area contributed by atoms with Gasteiger partial charge in [0.2, 0.25) is 5.95 Å². The molecule has 3 aromatic rings. The molecule has 3 heterocycles. The van der Waals surface area contributed by atoms with Crippen molar-refractivity contribution in [2.45, 2.75) is 25.8 Å². The third kappa shape index (κ3) is 4.14. The summed E-state index contributed by atoms with van der Waals surface area (Å²) in [5.41, 5.74) is 9.05. The number of rotatable bonds is 6. The average molecular weight is 418 g/mol. The molecule has 0 spiro atoms. The molecule has 160 valence electrons. The lowest BCUT2D eigenvalue weighted by atomic mass is 10.1. The van der Waals surface area contributed by atoms with Crippen LogP contribution in [-0.4, -0.2) is 47.9 Å².